The number of likely N-dealkylation sites (tertiary alicyclic amines) is 1. The summed E-state index contributed by atoms with van der Waals surface area (Å²) in [6, 6.07) is -1.15. The molecule has 11 atom stereocenters. The number of nitrogens with zero attached hydrogens (tertiary/aromatic N) is 1. The molecular formula is C32H44N2O9. The van der Waals surface area contributed by atoms with Crippen molar-refractivity contribution in [3.63, 3.8) is 0 Å². The van der Waals surface area contributed by atoms with E-state index in [1.807, 2.05) is 19.9 Å². The van der Waals surface area contributed by atoms with Crippen molar-refractivity contribution in [1.82, 2.24) is 10.2 Å². The minimum atomic E-state index is -1.15. The first-order valence-corrected chi connectivity index (χ1v) is 15.1. The third-order valence-corrected chi connectivity index (χ3v) is 9.67. The molecule has 0 aromatic carbocycles. The molecule has 0 aromatic heterocycles. The second kappa shape index (κ2) is 11.6. The first-order chi connectivity index (χ1) is 20.2. The van der Waals surface area contributed by atoms with Crippen molar-refractivity contribution in [2.45, 2.75) is 102 Å². The zero-order valence-electron chi connectivity index (χ0n) is 25.9. The van der Waals surface area contributed by atoms with Crippen LogP contribution in [0.2, 0.25) is 0 Å². The van der Waals surface area contributed by atoms with Gasteiger partial charge in [-0.1, -0.05) is 44.6 Å². The molecule has 11 heteroatoms. The minimum absolute atomic E-state index is 0.0220. The molecule has 5 aliphatic heterocycles. The van der Waals surface area contributed by atoms with Crippen molar-refractivity contribution in [1.29, 1.82) is 0 Å². The maximum absolute atomic E-state index is 13.6. The second-order valence-corrected chi connectivity index (χ2v) is 12.7. The molecule has 1 spiro atoms. The SMILES string of the molecule is CNC(=O)[C@@H](C)[C@H]1C(=O)C(=C(O)/C=C/C(C)=C/[C@H](C)[C@H]2O[C@@]3(C)O[C@H](C=C[C@@]34CO4)[C@@H]2C)C(=O)N1[C@@H]1CC[C@H](O)[C@H](C)O1. The summed E-state index contributed by atoms with van der Waals surface area (Å²) in [6.45, 7) is 11.7. The van der Waals surface area contributed by atoms with Crippen molar-refractivity contribution in [2.24, 2.45) is 17.8 Å². The number of nitrogens with one attached hydrogen (secondary N) is 1. The summed E-state index contributed by atoms with van der Waals surface area (Å²) in [4.78, 5) is 41.1. The van der Waals surface area contributed by atoms with E-state index in [9.17, 15) is 24.6 Å². The first-order valence-electron chi connectivity index (χ1n) is 15.1. The number of aliphatic hydroxyl groups is 2. The van der Waals surface area contributed by atoms with E-state index in [-0.39, 0.29) is 29.6 Å². The van der Waals surface area contributed by atoms with E-state index in [0.717, 1.165) is 5.57 Å². The normalized spacial score (nSPS) is 42.0. The van der Waals surface area contributed by atoms with Crippen LogP contribution in [0.25, 0.3) is 0 Å². The summed E-state index contributed by atoms with van der Waals surface area (Å²) in [5, 5.41) is 23.7. The summed E-state index contributed by atoms with van der Waals surface area (Å²) in [5.74, 6) is -3.93. The number of hydrogen-bond donors (Lipinski definition) is 3. The van der Waals surface area contributed by atoms with Gasteiger partial charge in [0.05, 0.1) is 36.9 Å². The van der Waals surface area contributed by atoms with Gasteiger partial charge < -0.3 is 39.4 Å². The van der Waals surface area contributed by atoms with Gasteiger partial charge in [-0.05, 0) is 45.8 Å². The van der Waals surface area contributed by atoms with Gasteiger partial charge in [0.25, 0.3) is 5.91 Å². The Morgan fingerprint density at radius 1 is 1.19 bits per heavy atom. The molecule has 4 saturated heterocycles. The van der Waals surface area contributed by atoms with E-state index in [0.29, 0.717) is 19.4 Å². The summed E-state index contributed by atoms with van der Waals surface area (Å²) < 4.78 is 24.3. The Morgan fingerprint density at radius 3 is 2.51 bits per heavy atom. The van der Waals surface area contributed by atoms with Crippen LogP contribution in [0.4, 0.5) is 0 Å². The third kappa shape index (κ3) is 5.50. The molecule has 11 nitrogen and oxygen atoms in total. The lowest BCUT2D eigenvalue weighted by molar-refractivity contribution is -0.346. The number of Topliss-reactive ketones (excluding diaryl/α,β-unsaturated/α-hetero) is 1. The van der Waals surface area contributed by atoms with Gasteiger partial charge in [0.15, 0.2) is 11.4 Å². The number of allylic oxidation sites excluding steroid dienone is 3. The number of fused-ring (bicyclic) bond motifs is 3. The third-order valence-electron chi connectivity index (χ3n) is 9.67. The number of ketones is 1. The van der Waals surface area contributed by atoms with E-state index in [4.69, 9.17) is 18.9 Å². The predicted octanol–water partition coefficient (Wildman–Crippen LogP) is 2.46. The van der Waals surface area contributed by atoms with Crippen molar-refractivity contribution < 1.29 is 43.5 Å². The quantitative estimate of drug-likeness (QED) is 0.100. The Hall–Kier alpha value is -2.83. The fourth-order valence-electron chi connectivity index (χ4n) is 6.82. The first kappa shape index (κ1) is 31.6. The Morgan fingerprint density at radius 2 is 1.88 bits per heavy atom. The molecule has 4 fully saturated rings. The Bertz CT molecular complexity index is 1280. The molecule has 5 aliphatic rings. The number of aliphatic hydroxyl groups excluding tert-OH is 2. The molecule has 2 amide bonds. The number of ether oxygens (including phenoxy) is 4. The Kier molecular flexibility index (Phi) is 8.51. The van der Waals surface area contributed by atoms with E-state index in [2.05, 4.69) is 31.3 Å². The summed E-state index contributed by atoms with van der Waals surface area (Å²) in [7, 11) is 1.46. The molecule has 2 bridgehead atoms. The number of rotatable bonds is 7. The van der Waals surface area contributed by atoms with Crippen LogP contribution in [-0.4, -0.2) is 94.4 Å². The van der Waals surface area contributed by atoms with E-state index < -0.39 is 65.1 Å². The van der Waals surface area contributed by atoms with Crippen molar-refractivity contribution >= 4 is 17.6 Å². The van der Waals surface area contributed by atoms with Gasteiger partial charge >= 0.3 is 0 Å². The summed E-state index contributed by atoms with van der Waals surface area (Å²) in [6.07, 6.45) is 7.46. The minimum Gasteiger partial charge on any atom is -0.507 e. The zero-order valence-corrected chi connectivity index (χ0v) is 25.9. The van der Waals surface area contributed by atoms with Crippen LogP contribution in [0.1, 0.15) is 54.4 Å². The topological polar surface area (TPSA) is 147 Å². The molecule has 0 unspecified atom stereocenters. The molecule has 0 aliphatic carbocycles. The van der Waals surface area contributed by atoms with Gasteiger partial charge in [0, 0.05) is 18.9 Å². The molecule has 5 heterocycles. The highest BCUT2D eigenvalue weighted by Gasteiger charge is 2.66. The predicted molar refractivity (Wildman–Crippen MR) is 155 cm³/mol. The standard InChI is InChI=1S/C32H44N2O9/c1-16(14-17(2)28-18(3)23-12-13-32(15-40-32)31(6,42-23)43-28)8-9-22(36)25-27(37)26(19(4)29(38)33-7)34(30(25)39)24-11-10-21(35)20(5)41-24/h8-9,12-14,17-21,23-24,26,28,35-36H,10-11,15H2,1-7H3,(H,33,38)/b9-8+,16-14+,25-22?/t17-,18-,19-,20-,21-,23+,24-,26-,28+,31+,32+/m0/s1. The second-order valence-electron chi connectivity index (χ2n) is 12.7. The zero-order chi connectivity index (χ0) is 31.4. The van der Waals surface area contributed by atoms with Crippen LogP contribution in [-0.2, 0) is 33.3 Å². The van der Waals surface area contributed by atoms with Gasteiger partial charge in [-0.25, -0.2) is 0 Å². The number of carbonyl (C=O) groups excluding carboxylic acids is 3. The van der Waals surface area contributed by atoms with E-state index in [1.165, 1.54) is 18.0 Å². The fourth-order valence-corrected chi connectivity index (χ4v) is 6.82. The highest BCUT2D eigenvalue weighted by molar-refractivity contribution is 6.27. The van der Waals surface area contributed by atoms with Crippen molar-refractivity contribution in [3.05, 3.63) is 47.3 Å². The molecule has 0 radical (unpaired) electrons. The fraction of sp³-hybridized carbons (Fsp3) is 0.656. The van der Waals surface area contributed by atoms with Crippen molar-refractivity contribution in [3.8, 4) is 0 Å². The van der Waals surface area contributed by atoms with E-state index >= 15 is 0 Å². The smallest absolute Gasteiger partial charge is 0.264 e. The lowest BCUT2D eigenvalue weighted by atomic mass is 9.82. The average molecular weight is 601 g/mol. The van der Waals surface area contributed by atoms with Crippen LogP contribution in [0.5, 0.6) is 0 Å². The Balaban J connectivity index is 1.36. The lowest BCUT2D eigenvalue weighted by Gasteiger charge is -2.51. The number of epoxide rings is 1. The molecular weight excluding hydrogens is 556 g/mol. The summed E-state index contributed by atoms with van der Waals surface area (Å²) >= 11 is 0. The number of amides is 2. The van der Waals surface area contributed by atoms with Crippen molar-refractivity contribution in [2.75, 3.05) is 13.7 Å². The Labute approximate surface area is 252 Å². The monoisotopic (exact) mass is 600 g/mol. The molecule has 0 aromatic rings. The van der Waals surface area contributed by atoms with Gasteiger partial charge in [-0.2, -0.15) is 0 Å². The van der Waals surface area contributed by atoms with Crippen LogP contribution < -0.4 is 5.32 Å². The highest BCUT2D eigenvalue weighted by Crippen LogP contribution is 2.52. The van der Waals surface area contributed by atoms with Crippen LogP contribution in [0.3, 0.4) is 0 Å². The maximum atomic E-state index is 13.6. The molecule has 0 saturated carbocycles. The number of hydrogen-bond acceptors (Lipinski definition) is 9. The number of carbonyl (C=O) groups is 3. The van der Waals surface area contributed by atoms with Gasteiger partial charge in [-0.15, -0.1) is 0 Å². The van der Waals surface area contributed by atoms with Crippen LogP contribution in [0.15, 0.2) is 47.3 Å². The van der Waals surface area contributed by atoms with E-state index in [1.54, 1.807) is 19.9 Å². The van der Waals surface area contributed by atoms with Gasteiger partial charge in [-0.3, -0.25) is 14.4 Å². The van der Waals surface area contributed by atoms with Gasteiger partial charge in [0.1, 0.15) is 23.6 Å². The largest absolute Gasteiger partial charge is 0.507 e. The molecule has 43 heavy (non-hydrogen) atoms. The lowest BCUT2D eigenvalue weighted by Crippen LogP contribution is -2.61. The highest BCUT2D eigenvalue weighted by atomic mass is 16.8. The maximum Gasteiger partial charge on any atom is 0.264 e. The molecule has 3 N–H and O–H groups in total. The molecule has 236 valence electrons. The van der Waals surface area contributed by atoms with Crippen LogP contribution >= 0.6 is 0 Å². The van der Waals surface area contributed by atoms with Gasteiger partial charge in [0.2, 0.25) is 11.7 Å². The van der Waals surface area contributed by atoms with Crippen LogP contribution in [0, 0.1) is 17.8 Å². The molecule has 5 rings (SSSR count). The average Bonchev–Trinajstić information content (AvgIpc) is 3.71. The summed E-state index contributed by atoms with van der Waals surface area (Å²) in [5.41, 5.74) is -0.127.